The van der Waals surface area contributed by atoms with Crippen LogP contribution < -0.4 is 5.32 Å². The number of hydrogen-bond donors (Lipinski definition) is 1. The van der Waals surface area contributed by atoms with Crippen molar-refractivity contribution in [2.75, 3.05) is 7.05 Å². The average Bonchev–Trinajstić information content (AvgIpc) is 3.28. The maximum Gasteiger partial charge on any atom is 0.252 e. The molecule has 180 valence electrons. The molecule has 1 aliphatic rings. The number of aromatic nitrogens is 2. The molecule has 0 bridgehead atoms. The van der Waals surface area contributed by atoms with Crippen molar-refractivity contribution in [1.82, 2.24) is 19.2 Å². The lowest BCUT2D eigenvalue weighted by Gasteiger charge is -2.30. The third-order valence-electron chi connectivity index (χ3n) is 6.46. The Labute approximate surface area is 199 Å². The van der Waals surface area contributed by atoms with Crippen LogP contribution in [-0.2, 0) is 17.1 Å². The minimum absolute atomic E-state index is 0.0255. The normalized spacial score (nSPS) is 15.9. The van der Waals surface area contributed by atoms with Crippen LogP contribution in [0.2, 0.25) is 0 Å². The molecule has 4 rings (SSSR count). The molecule has 2 aromatic carbocycles. The Hall–Kier alpha value is -3.04. The second kappa shape index (κ2) is 10.1. The van der Waals surface area contributed by atoms with Crippen molar-refractivity contribution in [3.63, 3.8) is 0 Å². The Morgan fingerprint density at radius 3 is 2.50 bits per heavy atom. The van der Waals surface area contributed by atoms with Crippen LogP contribution in [0.4, 0.5) is 4.39 Å². The molecule has 0 radical (unpaired) electrons. The lowest BCUT2D eigenvalue weighted by Crippen LogP contribution is -2.38. The quantitative estimate of drug-likeness (QED) is 0.549. The molecule has 1 amide bonds. The van der Waals surface area contributed by atoms with Gasteiger partial charge in [0.2, 0.25) is 10.0 Å². The van der Waals surface area contributed by atoms with E-state index in [1.54, 1.807) is 55.3 Å². The van der Waals surface area contributed by atoms with Gasteiger partial charge < -0.3 is 9.88 Å². The molecule has 1 unspecified atom stereocenters. The summed E-state index contributed by atoms with van der Waals surface area (Å²) in [7, 11) is -0.315. The van der Waals surface area contributed by atoms with Crippen LogP contribution in [0.5, 0.6) is 0 Å². The monoisotopic (exact) mass is 484 g/mol. The van der Waals surface area contributed by atoms with E-state index >= 15 is 0 Å². The number of sulfonamides is 1. The van der Waals surface area contributed by atoms with Gasteiger partial charge in [0, 0.05) is 38.1 Å². The number of hydrogen-bond acceptors (Lipinski definition) is 4. The fourth-order valence-electron chi connectivity index (χ4n) is 4.43. The summed E-state index contributed by atoms with van der Waals surface area (Å²) in [5, 5.41) is 2.93. The molecule has 9 heteroatoms. The van der Waals surface area contributed by atoms with Crippen molar-refractivity contribution >= 4 is 15.9 Å². The highest BCUT2D eigenvalue weighted by atomic mass is 32.2. The summed E-state index contributed by atoms with van der Waals surface area (Å²) < 4.78 is 43.2. The third kappa shape index (κ3) is 5.05. The summed E-state index contributed by atoms with van der Waals surface area (Å²) in [6.07, 6.45) is 8.23. The van der Waals surface area contributed by atoms with Gasteiger partial charge in [-0.2, -0.15) is 4.31 Å². The highest BCUT2D eigenvalue weighted by Crippen LogP contribution is 2.27. The number of carbonyl (C=O) groups is 1. The van der Waals surface area contributed by atoms with E-state index in [0.29, 0.717) is 11.4 Å². The van der Waals surface area contributed by atoms with Crippen LogP contribution >= 0.6 is 0 Å². The maximum absolute atomic E-state index is 13.5. The smallest absolute Gasteiger partial charge is 0.252 e. The number of amides is 1. The van der Waals surface area contributed by atoms with Gasteiger partial charge in [-0.05, 0) is 48.7 Å². The molecule has 1 fully saturated rings. The number of aryl methyl sites for hydroxylation is 1. The zero-order chi connectivity index (χ0) is 24.3. The van der Waals surface area contributed by atoms with Gasteiger partial charge >= 0.3 is 0 Å². The minimum atomic E-state index is -3.73. The summed E-state index contributed by atoms with van der Waals surface area (Å²) in [4.78, 5) is 17.7. The first kappa shape index (κ1) is 24.1. The van der Waals surface area contributed by atoms with Crippen LogP contribution in [0, 0.1) is 5.82 Å². The largest absolute Gasteiger partial charge is 0.338 e. The van der Waals surface area contributed by atoms with Crippen LogP contribution in [0.15, 0.2) is 65.8 Å². The van der Waals surface area contributed by atoms with Crippen molar-refractivity contribution in [1.29, 1.82) is 0 Å². The number of halogens is 1. The highest BCUT2D eigenvalue weighted by Gasteiger charge is 2.30. The fraction of sp³-hybridized carbons (Fsp3) is 0.360. The van der Waals surface area contributed by atoms with Crippen molar-refractivity contribution < 1.29 is 17.6 Å². The molecule has 0 aliphatic heterocycles. The number of imidazole rings is 1. The number of carbonyl (C=O) groups excluding carboxylic acids is 1. The standard InChI is InChI=1S/C25H29FN4O3S/c1-29-16-15-27-24(29)23(18-11-13-20(26)14-12-18)28-25(31)19-7-6-10-22(17-19)34(32,33)30(2)21-8-4-3-5-9-21/h6-7,10-17,21,23H,3-5,8-9H2,1-2H3,(H,28,31). The van der Waals surface area contributed by atoms with Crippen molar-refractivity contribution in [3.8, 4) is 0 Å². The highest BCUT2D eigenvalue weighted by molar-refractivity contribution is 7.89. The van der Waals surface area contributed by atoms with Crippen LogP contribution in [-0.4, -0.2) is 41.3 Å². The molecule has 34 heavy (non-hydrogen) atoms. The second-order valence-corrected chi connectivity index (χ2v) is 10.7. The number of nitrogens with zero attached hydrogens (tertiary/aromatic N) is 3. The molecule has 3 aromatic rings. The molecule has 1 aromatic heterocycles. The fourth-order valence-corrected chi connectivity index (χ4v) is 5.89. The van der Waals surface area contributed by atoms with Gasteiger partial charge in [0.05, 0.1) is 4.90 Å². The minimum Gasteiger partial charge on any atom is -0.338 e. The second-order valence-electron chi connectivity index (χ2n) is 8.70. The molecule has 1 N–H and O–H groups in total. The number of rotatable bonds is 7. The molecule has 1 heterocycles. The van der Waals surface area contributed by atoms with Gasteiger partial charge in [0.1, 0.15) is 17.7 Å². The Bertz CT molecular complexity index is 1250. The molecular formula is C25H29FN4O3S. The van der Waals surface area contributed by atoms with Crippen molar-refractivity contribution in [2.24, 2.45) is 7.05 Å². The summed E-state index contributed by atoms with van der Waals surface area (Å²) in [5.74, 6) is -0.260. The van der Waals surface area contributed by atoms with Gasteiger partial charge in [-0.3, -0.25) is 4.79 Å². The molecule has 1 saturated carbocycles. The van der Waals surface area contributed by atoms with Crippen LogP contribution in [0.1, 0.15) is 59.9 Å². The van der Waals surface area contributed by atoms with Crippen molar-refractivity contribution in [3.05, 3.63) is 83.7 Å². The zero-order valence-electron chi connectivity index (χ0n) is 19.3. The Morgan fingerprint density at radius 1 is 1.15 bits per heavy atom. The predicted octanol–water partition coefficient (Wildman–Crippen LogP) is 4.03. The summed E-state index contributed by atoms with van der Waals surface area (Å²) >= 11 is 0. The molecular weight excluding hydrogens is 455 g/mol. The van der Waals surface area contributed by atoms with E-state index in [2.05, 4.69) is 10.3 Å². The first-order chi connectivity index (χ1) is 16.3. The lowest BCUT2D eigenvalue weighted by molar-refractivity contribution is 0.0941. The third-order valence-corrected chi connectivity index (χ3v) is 8.36. The Morgan fingerprint density at radius 2 is 1.85 bits per heavy atom. The van der Waals surface area contributed by atoms with E-state index in [1.807, 2.05) is 0 Å². The predicted molar refractivity (Wildman–Crippen MR) is 127 cm³/mol. The summed E-state index contributed by atoms with van der Waals surface area (Å²) in [5.41, 5.74) is 0.879. The van der Waals surface area contributed by atoms with E-state index in [4.69, 9.17) is 0 Å². The number of benzene rings is 2. The van der Waals surface area contributed by atoms with Gasteiger partial charge in [-0.25, -0.2) is 17.8 Å². The lowest BCUT2D eigenvalue weighted by atomic mass is 9.96. The van der Waals surface area contributed by atoms with Crippen molar-refractivity contribution in [2.45, 2.75) is 49.1 Å². The molecule has 0 saturated heterocycles. The van der Waals surface area contributed by atoms with Gasteiger partial charge in [-0.15, -0.1) is 0 Å². The zero-order valence-corrected chi connectivity index (χ0v) is 20.1. The Balaban J connectivity index is 1.60. The molecule has 7 nitrogen and oxygen atoms in total. The Kier molecular flexibility index (Phi) is 7.13. The van der Waals surface area contributed by atoms with E-state index in [0.717, 1.165) is 32.1 Å². The number of nitrogens with one attached hydrogen (secondary N) is 1. The first-order valence-corrected chi connectivity index (χ1v) is 12.8. The molecule has 1 atom stereocenters. The van der Waals surface area contributed by atoms with Gasteiger partial charge in [0.15, 0.2) is 0 Å². The SMILES string of the molecule is CN(C1CCCCC1)S(=O)(=O)c1cccc(C(=O)NC(c2ccc(F)cc2)c2nccn2C)c1. The van der Waals surface area contributed by atoms with E-state index in [9.17, 15) is 17.6 Å². The van der Waals surface area contributed by atoms with Gasteiger partial charge in [-0.1, -0.05) is 37.5 Å². The van der Waals surface area contributed by atoms with E-state index in [1.165, 1.54) is 28.6 Å². The summed E-state index contributed by atoms with van der Waals surface area (Å²) in [6, 6.07) is 11.2. The van der Waals surface area contributed by atoms with Gasteiger partial charge in [0.25, 0.3) is 5.91 Å². The first-order valence-electron chi connectivity index (χ1n) is 11.4. The van der Waals surface area contributed by atoms with E-state index in [-0.39, 0.29) is 22.3 Å². The average molecular weight is 485 g/mol. The van der Waals surface area contributed by atoms with E-state index < -0.39 is 22.0 Å². The topological polar surface area (TPSA) is 84.3 Å². The maximum atomic E-state index is 13.5. The summed E-state index contributed by atoms with van der Waals surface area (Å²) in [6.45, 7) is 0. The van der Waals surface area contributed by atoms with Crippen LogP contribution in [0.25, 0.3) is 0 Å². The molecule has 1 aliphatic carbocycles. The van der Waals surface area contributed by atoms with Crippen LogP contribution in [0.3, 0.4) is 0 Å². The molecule has 0 spiro atoms.